The van der Waals surface area contributed by atoms with Crippen LogP contribution < -0.4 is 11.1 Å². The van der Waals surface area contributed by atoms with Crippen LogP contribution in [0.15, 0.2) is 24.7 Å². The van der Waals surface area contributed by atoms with Crippen molar-refractivity contribution in [1.82, 2.24) is 9.55 Å². The molecular weight excluding hydrogens is 228 g/mol. The number of rotatable bonds is 2. The van der Waals surface area contributed by atoms with Gasteiger partial charge in [-0.05, 0) is 37.1 Å². The monoisotopic (exact) mass is 244 g/mol. The fourth-order valence-electron chi connectivity index (χ4n) is 1.66. The van der Waals surface area contributed by atoms with Gasteiger partial charge in [0, 0.05) is 13.2 Å². The van der Waals surface area contributed by atoms with Gasteiger partial charge in [-0.1, -0.05) is 0 Å². The Kier molecular flexibility index (Phi) is 3.06. The summed E-state index contributed by atoms with van der Waals surface area (Å²) in [5, 5.41) is 2.77. The number of nitrogens with zero attached hydrogens (tertiary/aromatic N) is 2. The highest BCUT2D eigenvalue weighted by molar-refractivity contribution is 6.04. The Hall–Kier alpha value is -2.30. The third-order valence-electron chi connectivity index (χ3n) is 2.85. The normalized spacial score (nSPS) is 10.4. The number of hydrogen-bond acceptors (Lipinski definition) is 3. The quantitative estimate of drug-likeness (QED) is 0.792. The molecule has 0 spiro atoms. The second-order valence-electron chi connectivity index (χ2n) is 4.40. The third kappa shape index (κ3) is 2.34. The van der Waals surface area contributed by atoms with Crippen molar-refractivity contribution >= 4 is 17.3 Å². The Bertz CT molecular complexity index is 601. The number of amides is 1. The van der Waals surface area contributed by atoms with Crippen LogP contribution in [0.25, 0.3) is 0 Å². The van der Waals surface area contributed by atoms with Crippen LogP contribution in [0.5, 0.6) is 0 Å². The van der Waals surface area contributed by atoms with Gasteiger partial charge in [-0.2, -0.15) is 0 Å². The lowest BCUT2D eigenvalue weighted by atomic mass is 10.1. The van der Waals surface area contributed by atoms with E-state index in [4.69, 9.17) is 5.73 Å². The molecule has 0 bridgehead atoms. The number of benzene rings is 1. The predicted octanol–water partition coefficient (Wildman–Crippen LogP) is 1.87. The van der Waals surface area contributed by atoms with Gasteiger partial charge in [-0.15, -0.1) is 0 Å². The summed E-state index contributed by atoms with van der Waals surface area (Å²) in [4.78, 5) is 15.9. The maximum atomic E-state index is 11.9. The van der Waals surface area contributed by atoms with E-state index in [1.165, 1.54) is 0 Å². The number of nitrogen functional groups attached to an aromatic ring is 1. The smallest absolute Gasteiger partial charge is 0.275 e. The highest BCUT2D eigenvalue weighted by atomic mass is 16.1. The van der Waals surface area contributed by atoms with Gasteiger partial charge in [-0.25, -0.2) is 4.98 Å². The number of carbonyl (C=O) groups excluding carboxylic acids is 1. The molecule has 0 aliphatic carbocycles. The molecule has 94 valence electrons. The van der Waals surface area contributed by atoms with E-state index >= 15 is 0 Å². The number of aromatic nitrogens is 2. The van der Waals surface area contributed by atoms with Crippen molar-refractivity contribution in [2.45, 2.75) is 13.8 Å². The molecule has 18 heavy (non-hydrogen) atoms. The highest BCUT2D eigenvalue weighted by Gasteiger charge is 2.11. The van der Waals surface area contributed by atoms with Crippen LogP contribution >= 0.6 is 0 Å². The van der Waals surface area contributed by atoms with Gasteiger partial charge >= 0.3 is 0 Å². The van der Waals surface area contributed by atoms with Crippen molar-refractivity contribution in [1.29, 1.82) is 0 Å². The Morgan fingerprint density at radius 1 is 1.33 bits per heavy atom. The number of nitrogens with one attached hydrogen (secondary N) is 1. The molecular formula is C13H16N4O. The molecule has 1 aromatic heterocycles. The van der Waals surface area contributed by atoms with E-state index in [1.54, 1.807) is 17.1 Å². The fraction of sp³-hybridized carbons (Fsp3) is 0.231. The van der Waals surface area contributed by atoms with Crippen LogP contribution in [0.1, 0.15) is 21.6 Å². The van der Waals surface area contributed by atoms with E-state index in [0.29, 0.717) is 17.1 Å². The van der Waals surface area contributed by atoms with E-state index < -0.39 is 0 Å². The van der Waals surface area contributed by atoms with Crippen LogP contribution in [-0.4, -0.2) is 15.5 Å². The molecule has 0 atom stereocenters. The summed E-state index contributed by atoms with van der Waals surface area (Å²) >= 11 is 0. The zero-order valence-corrected chi connectivity index (χ0v) is 10.7. The number of nitrogens with two attached hydrogens (primary N) is 1. The predicted molar refractivity (Wildman–Crippen MR) is 71.5 cm³/mol. The van der Waals surface area contributed by atoms with Crippen LogP contribution in [0, 0.1) is 13.8 Å². The zero-order chi connectivity index (χ0) is 13.3. The second kappa shape index (κ2) is 4.52. The minimum atomic E-state index is -0.259. The van der Waals surface area contributed by atoms with Gasteiger partial charge in [0.15, 0.2) is 0 Å². The van der Waals surface area contributed by atoms with Crippen molar-refractivity contribution in [2.75, 3.05) is 11.1 Å². The maximum absolute atomic E-state index is 11.9. The van der Waals surface area contributed by atoms with Crippen molar-refractivity contribution in [3.8, 4) is 0 Å². The maximum Gasteiger partial charge on any atom is 0.275 e. The van der Waals surface area contributed by atoms with E-state index in [0.717, 1.165) is 11.1 Å². The molecule has 0 aliphatic rings. The molecule has 2 rings (SSSR count). The van der Waals surface area contributed by atoms with Crippen molar-refractivity contribution in [2.24, 2.45) is 7.05 Å². The minimum Gasteiger partial charge on any atom is -0.397 e. The summed E-state index contributed by atoms with van der Waals surface area (Å²) < 4.78 is 1.72. The lowest BCUT2D eigenvalue weighted by molar-refractivity contribution is 0.102. The molecule has 2 aromatic rings. The van der Waals surface area contributed by atoms with E-state index in [1.807, 2.05) is 33.0 Å². The van der Waals surface area contributed by atoms with E-state index in [9.17, 15) is 4.79 Å². The molecule has 3 N–H and O–H groups in total. The standard InChI is InChI=1S/C13H16N4O/c1-8-4-10(14)11(5-9(8)2)16-13(18)12-6-17(3)7-15-12/h4-7H,14H2,1-3H3,(H,16,18). The van der Waals surface area contributed by atoms with Gasteiger partial charge in [0.05, 0.1) is 17.7 Å². The highest BCUT2D eigenvalue weighted by Crippen LogP contribution is 2.23. The first-order valence-electron chi connectivity index (χ1n) is 5.63. The molecule has 5 heteroatoms. The minimum absolute atomic E-state index is 0.259. The Morgan fingerprint density at radius 3 is 2.61 bits per heavy atom. The number of imidazole rings is 1. The van der Waals surface area contributed by atoms with Gasteiger partial charge in [0.2, 0.25) is 0 Å². The summed E-state index contributed by atoms with van der Waals surface area (Å²) in [5.74, 6) is -0.259. The van der Waals surface area contributed by atoms with Crippen LogP contribution in [0.4, 0.5) is 11.4 Å². The molecule has 0 aliphatic heterocycles. The summed E-state index contributed by atoms with van der Waals surface area (Å²) in [5.41, 5.74) is 9.61. The average Bonchev–Trinajstić information content (AvgIpc) is 2.73. The number of carbonyl (C=O) groups is 1. The first-order chi connectivity index (χ1) is 8.47. The zero-order valence-electron chi connectivity index (χ0n) is 10.7. The summed E-state index contributed by atoms with van der Waals surface area (Å²) in [7, 11) is 1.81. The average molecular weight is 244 g/mol. The number of hydrogen-bond donors (Lipinski definition) is 2. The van der Waals surface area contributed by atoms with Crippen molar-refractivity contribution in [3.63, 3.8) is 0 Å². The summed E-state index contributed by atoms with van der Waals surface area (Å²) in [6.45, 7) is 3.96. The molecule has 0 saturated heterocycles. The SMILES string of the molecule is Cc1cc(N)c(NC(=O)c2cn(C)cn2)cc1C. The summed E-state index contributed by atoms with van der Waals surface area (Å²) in [6, 6.07) is 3.72. The molecule has 0 radical (unpaired) electrons. The van der Waals surface area contributed by atoms with Crippen molar-refractivity contribution < 1.29 is 4.79 Å². The van der Waals surface area contributed by atoms with Crippen molar-refractivity contribution in [3.05, 3.63) is 41.5 Å². The molecule has 0 fully saturated rings. The van der Waals surface area contributed by atoms with Gasteiger partial charge in [0.25, 0.3) is 5.91 Å². The van der Waals surface area contributed by atoms with E-state index in [2.05, 4.69) is 10.3 Å². The Balaban J connectivity index is 2.24. The first-order valence-corrected chi connectivity index (χ1v) is 5.63. The first kappa shape index (κ1) is 12.2. The molecule has 1 amide bonds. The van der Waals surface area contributed by atoms with Crippen LogP contribution in [0.2, 0.25) is 0 Å². The number of aryl methyl sites for hydroxylation is 3. The molecule has 1 aromatic carbocycles. The number of anilines is 2. The van der Waals surface area contributed by atoms with Gasteiger partial charge < -0.3 is 15.6 Å². The van der Waals surface area contributed by atoms with Crippen LogP contribution in [-0.2, 0) is 7.05 Å². The lowest BCUT2D eigenvalue weighted by Gasteiger charge is -2.10. The fourth-order valence-corrected chi connectivity index (χ4v) is 1.66. The Morgan fingerprint density at radius 2 is 2.00 bits per heavy atom. The molecule has 0 saturated carbocycles. The lowest BCUT2D eigenvalue weighted by Crippen LogP contribution is -2.14. The molecule has 5 nitrogen and oxygen atoms in total. The largest absolute Gasteiger partial charge is 0.397 e. The molecule has 1 heterocycles. The topological polar surface area (TPSA) is 72.9 Å². The molecule has 0 unspecified atom stereocenters. The second-order valence-corrected chi connectivity index (χ2v) is 4.40. The van der Waals surface area contributed by atoms with Gasteiger partial charge in [0.1, 0.15) is 5.69 Å². The summed E-state index contributed by atoms with van der Waals surface area (Å²) in [6.07, 6.45) is 3.24. The third-order valence-corrected chi connectivity index (χ3v) is 2.85. The Labute approximate surface area is 106 Å². The van der Waals surface area contributed by atoms with Crippen LogP contribution in [0.3, 0.4) is 0 Å². The van der Waals surface area contributed by atoms with Gasteiger partial charge in [-0.3, -0.25) is 4.79 Å². The van der Waals surface area contributed by atoms with E-state index in [-0.39, 0.29) is 5.91 Å².